The molecule has 0 radical (unpaired) electrons. The lowest BCUT2D eigenvalue weighted by molar-refractivity contribution is -0.117. The number of rotatable bonds is 3. The van der Waals surface area contributed by atoms with Crippen molar-refractivity contribution in [3.8, 4) is 11.4 Å². The summed E-state index contributed by atoms with van der Waals surface area (Å²) in [6.07, 6.45) is 0. The van der Waals surface area contributed by atoms with E-state index >= 15 is 0 Å². The lowest BCUT2D eigenvalue weighted by Gasteiger charge is -2.22. The summed E-state index contributed by atoms with van der Waals surface area (Å²) in [4.78, 5) is 12.1. The van der Waals surface area contributed by atoms with E-state index < -0.39 is 0 Å². The van der Waals surface area contributed by atoms with Gasteiger partial charge < -0.3 is 10.6 Å². The number of nitrogens with one attached hydrogen (secondary N) is 3. The zero-order valence-electron chi connectivity index (χ0n) is 10.7. The fourth-order valence-electron chi connectivity index (χ4n) is 1.98. The lowest BCUT2D eigenvalue weighted by atomic mass is 10.2. The van der Waals surface area contributed by atoms with E-state index in [0.29, 0.717) is 5.82 Å². The van der Waals surface area contributed by atoms with Crippen LogP contribution in [0.1, 0.15) is 0 Å². The van der Waals surface area contributed by atoms with Crippen molar-refractivity contribution in [1.29, 1.82) is 0 Å². The van der Waals surface area contributed by atoms with E-state index in [1.165, 1.54) is 0 Å². The first kappa shape index (κ1) is 13.1. The van der Waals surface area contributed by atoms with Crippen molar-refractivity contribution in [2.45, 2.75) is 6.04 Å². The Balaban J connectivity index is 1.71. The van der Waals surface area contributed by atoms with Gasteiger partial charge in [-0.2, -0.15) is 17.0 Å². The smallest absolute Gasteiger partial charge is 0.242 e. The van der Waals surface area contributed by atoms with Crippen molar-refractivity contribution in [3.05, 3.63) is 24.3 Å². The molecule has 1 aromatic heterocycles. The molecule has 1 atom stereocenters. The molecule has 0 saturated carbocycles. The molecule has 20 heavy (non-hydrogen) atoms. The van der Waals surface area contributed by atoms with Gasteiger partial charge >= 0.3 is 0 Å². The Morgan fingerprint density at radius 3 is 3.15 bits per heavy atom. The van der Waals surface area contributed by atoms with Crippen LogP contribution in [-0.2, 0) is 4.79 Å². The quantitative estimate of drug-likeness (QED) is 0.762. The maximum Gasteiger partial charge on any atom is 0.242 e. The summed E-state index contributed by atoms with van der Waals surface area (Å²) < 4.78 is 0. The van der Waals surface area contributed by atoms with Crippen LogP contribution in [0.5, 0.6) is 0 Å². The van der Waals surface area contributed by atoms with Crippen LogP contribution in [-0.4, -0.2) is 50.6 Å². The average molecular weight is 290 g/mol. The zero-order valence-corrected chi connectivity index (χ0v) is 11.5. The predicted molar refractivity (Wildman–Crippen MR) is 77.4 cm³/mol. The van der Waals surface area contributed by atoms with E-state index in [9.17, 15) is 4.79 Å². The summed E-state index contributed by atoms with van der Waals surface area (Å²) >= 11 is 1.79. The van der Waals surface area contributed by atoms with Crippen LogP contribution < -0.4 is 10.6 Å². The molecule has 8 heteroatoms. The first-order chi connectivity index (χ1) is 9.83. The van der Waals surface area contributed by atoms with Gasteiger partial charge in [0.25, 0.3) is 0 Å². The highest BCUT2D eigenvalue weighted by molar-refractivity contribution is 7.99. The molecule has 1 aliphatic heterocycles. The molecule has 1 aliphatic rings. The van der Waals surface area contributed by atoms with E-state index in [1.807, 2.05) is 24.3 Å². The second-order valence-electron chi connectivity index (χ2n) is 4.39. The molecule has 1 aromatic carbocycles. The molecule has 1 saturated heterocycles. The normalized spacial score (nSPS) is 18.7. The minimum Gasteiger partial charge on any atom is -0.325 e. The second-order valence-corrected chi connectivity index (χ2v) is 5.54. The monoisotopic (exact) mass is 290 g/mol. The highest BCUT2D eigenvalue weighted by Gasteiger charge is 2.20. The number of aromatic nitrogens is 4. The fraction of sp³-hybridized carbons (Fsp3) is 0.333. The minimum absolute atomic E-state index is 0.0116. The van der Waals surface area contributed by atoms with Crippen LogP contribution in [0.3, 0.4) is 0 Å². The van der Waals surface area contributed by atoms with Crippen molar-refractivity contribution < 1.29 is 4.79 Å². The number of benzene rings is 1. The predicted octanol–water partition coefficient (Wildman–Crippen LogP) is 0.510. The second kappa shape index (κ2) is 6.02. The Labute approximate surface area is 119 Å². The van der Waals surface area contributed by atoms with E-state index in [4.69, 9.17) is 0 Å². The molecule has 7 nitrogen and oxygen atoms in total. The maximum absolute atomic E-state index is 12.1. The SMILES string of the molecule is O=C(Nc1cccc(-c2nn[nH]n2)c1)C1CSCCN1. The van der Waals surface area contributed by atoms with Gasteiger partial charge in [-0.15, -0.1) is 10.2 Å². The van der Waals surface area contributed by atoms with Gasteiger partial charge in [0.2, 0.25) is 11.7 Å². The lowest BCUT2D eigenvalue weighted by Crippen LogP contribution is -2.46. The van der Waals surface area contributed by atoms with Gasteiger partial charge in [-0.1, -0.05) is 12.1 Å². The molecular weight excluding hydrogens is 276 g/mol. The summed E-state index contributed by atoms with van der Waals surface area (Å²) in [6, 6.07) is 7.26. The van der Waals surface area contributed by atoms with Gasteiger partial charge in [0.1, 0.15) is 0 Å². The number of carbonyl (C=O) groups is 1. The average Bonchev–Trinajstić information content (AvgIpc) is 3.03. The fourth-order valence-corrected chi connectivity index (χ4v) is 2.92. The van der Waals surface area contributed by atoms with Gasteiger partial charge in [0.05, 0.1) is 6.04 Å². The largest absolute Gasteiger partial charge is 0.325 e. The van der Waals surface area contributed by atoms with Crippen LogP contribution in [0.25, 0.3) is 11.4 Å². The highest BCUT2D eigenvalue weighted by Crippen LogP contribution is 2.19. The standard InChI is InChI=1S/C12H14N6OS/c19-12(10-7-20-5-4-13-10)14-9-3-1-2-8(6-9)11-15-17-18-16-11/h1-3,6,10,13H,4-5,7H2,(H,14,19)(H,15,16,17,18). The summed E-state index contributed by atoms with van der Waals surface area (Å²) in [5, 5.41) is 19.9. The number of carbonyl (C=O) groups excluding carboxylic acids is 1. The number of anilines is 1. The molecule has 0 spiro atoms. The summed E-state index contributed by atoms with van der Waals surface area (Å²) in [7, 11) is 0. The Morgan fingerprint density at radius 2 is 2.40 bits per heavy atom. The molecule has 1 amide bonds. The summed E-state index contributed by atoms with van der Waals surface area (Å²) in [5.41, 5.74) is 1.54. The molecule has 2 aromatic rings. The van der Waals surface area contributed by atoms with Crippen molar-refractivity contribution in [2.75, 3.05) is 23.4 Å². The van der Waals surface area contributed by atoms with Gasteiger partial charge in [0.15, 0.2) is 0 Å². The Kier molecular flexibility index (Phi) is 3.93. The molecule has 3 rings (SSSR count). The first-order valence-electron chi connectivity index (χ1n) is 6.29. The van der Waals surface area contributed by atoms with E-state index in [2.05, 4.69) is 31.3 Å². The van der Waals surface area contributed by atoms with Crippen molar-refractivity contribution in [3.63, 3.8) is 0 Å². The van der Waals surface area contributed by atoms with Crippen LogP contribution in [0.2, 0.25) is 0 Å². The number of nitrogens with zero attached hydrogens (tertiary/aromatic N) is 3. The van der Waals surface area contributed by atoms with Crippen LogP contribution in [0.15, 0.2) is 24.3 Å². The Morgan fingerprint density at radius 1 is 1.45 bits per heavy atom. The molecule has 3 N–H and O–H groups in total. The maximum atomic E-state index is 12.1. The third-order valence-corrected chi connectivity index (χ3v) is 4.03. The van der Waals surface area contributed by atoms with E-state index in [-0.39, 0.29) is 11.9 Å². The number of H-pyrrole nitrogens is 1. The third-order valence-electron chi connectivity index (χ3n) is 2.97. The molecule has 2 heterocycles. The number of tetrazole rings is 1. The van der Waals surface area contributed by atoms with Crippen LogP contribution >= 0.6 is 11.8 Å². The van der Waals surface area contributed by atoms with Crippen LogP contribution in [0, 0.1) is 0 Å². The number of hydrogen-bond acceptors (Lipinski definition) is 6. The molecule has 104 valence electrons. The van der Waals surface area contributed by atoms with E-state index in [0.717, 1.165) is 29.3 Å². The number of aromatic amines is 1. The van der Waals surface area contributed by atoms with Gasteiger partial charge in [-0.05, 0) is 17.3 Å². The van der Waals surface area contributed by atoms with Crippen molar-refractivity contribution >= 4 is 23.4 Å². The van der Waals surface area contributed by atoms with Gasteiger partial charge in [-0.25, -0.2) is 0 Å². The highest BCUT2D eigenvalue weighted by atomic mass is 32.2. The topological polar surface area (TPSA) is 95.6 Å². The Bertz CT molecular complexity index is 581. The molecule has 1 unspecified atom stereocenters. The first-order valence-corrected chi connectivity index (χ1v) is 7.44. The molecule has 0 aliphatic carbocycles. The van der Waals surface area contributed by atoms with Crippen LogP contribution in [0.4, 0.5) is 5.69 Å². The van der Waals surface area contributed by atoms with Crippen molar-refractivity contribution in [1.82, 2.24) is 25.9 Å². The number of hydrogen-bond donors (Lipinski definition) is 3. The zero-order chi connectivity index (χ0) is 13.8. The number of thioether (sulfide) groups is 1. The molecule has 0 bridgehead atoms. The summed E-state index contributed by atoms with van der Waals surface area (Å²) in [5.74, 6) is 2.35. The summed E-state index contributed by atoms with van der Waals surface area (Å²) in [6.45, 7) is 0.867. The van der Waals surface area contributed by atoms with Gasteiger partial charge in [0, 0.05) is 29.3 Å². The Hall–Kier alpha value is -1.93. The van der Waals surface area contributed by atoms with E-state index in [1.54, 1.807) is 11.8 Å². The van der Waals surface area contributed by atoms with Gasteiger partial charge in [-0.3, -0.25) is 4.79 Å². The number of amides is 1. The molecular formula is C12H14N6OS. The minimum atomic E-state index is -0.136. The third kappa shape index (κ3) is 2.97. The van der Waals surface area contributed by atoms with Crippen molar-refractivity contribution in [2.24, 2.45) is 0 Å². The molecule has 1 fully saturated rings.